The van der Waals surface area contributed by atoms with Gasteiger partial charge in [-0.25, -0.2) is 4.79 Å². The van der Waals surface area contributed by atoms with Gasteiger partial charge in [0.25, 0.3) is 0 Å². The van der Waals surface area contributed by atoms with Crippen LogP contribution in [0.1, 0.15) is 17.3 Å². The van der Waals surface area contributed by atoms with E-state index in [1.54, 1.807) is 31.2 Å². The Hall–Kier alpha value is -2.10. The summed E-state index contributed by atoms with van der Waals surface area (Å²) in [7, 11) is 0. The lowest BCUT2D eigenvalue weighted by atomic mass is 10.2. The summed E-state index contributed by atoms with van der Waals surface area (Å²) in [4.78, 5) is 21.7. The highest BCUT2D eigenvalue weighted by atomic mass is 16.6. The molecule has 17 heavy (non-hydrogen) atoms. The van der Waals surface area contributed by atoms with Crippen LogP contribution in [0.15, 0.2) is 36.4 Å². The Bertz CT molecular complexity index is 423. The lowest BCUT2D eigenvalue weighted by Crippen LogP contribution is -2.12. The monoisotopic (exact) mass is 234 g/mol. The Morgan fingerprint density at radius 3 is 2.71 bits per heavy atom. The standard InChI is InChI=1S/C13H14O4/c1-10(2)13(15)17-8-7-16-12-6-4-3-5-11(12)9-14/h3-6,9H,1,7-8H2,2H3. The van der Waals surface area contributed by atoms with Crippen molar-refractivity contribution in [1.82, 2.24) is 0 Å². The van der Waals surface area contributed by atoms with Crippen molar-refractivity contribution in [2.45, 2.75) is 6.92 Å². The van der Waals surface area contributed by atoms with Crippen molar-refractivity contribution in [3.05, 3.63) is 42.0 Å². The van der Waals surface area contributed by atoms with Gasteiger partial charge in [-0.1, -0.05) is 18.7 Å². The fraction of sp³-hybridized carbons (Fsp3) is 0.231. The van der Waals surface area contributed by atoms with Crippen molar-refractivity contribution in [3.63, 3.8) is 0 Å². The topological polar surface area (TPSA) is 52.6 Å². The van der Waals surface area contributed by atoms with Crippen LogP contribution in [0.2, 0.25) is 0 Å². The summed E-state index contributed by atoms with van der Waals surface area (Å²) in [6.45, 7) is 5.35. The molecule has 0 aliphatic carbocycles. The predicted octanol–water partition coefficient (Wildman–Crippen LogP) is 2.00. The van der Waals surface area contributed by atoms with Crippen LogP contribution in [-0.4, -0.2) is 25.5 Å². The van der Waals surface area contributed by atoms with Gasteiger partial charge in [0.15, 0.2) is 6.29 Å². The van der Waals surface area contributed by atoms with Gasteiger partial charge in [0.05, 0.1) is 5.56 Å². The van der Waals surface area contributed by atoms with Crippen molar-refractivity contribution >= 4 is 12.3 Å². The lowest BCUT2D eigenvalue weighted by Gasteiger charge is -2.08. The summed E-state index contributed by atoms with van der Waals surface area (Å²) in [5.41, 5.74) is 0.817. The van der Waals surface area contributed by atoms with E-state index >= 15 is 0 Å². The number of para-hydroxylation sites is 1. The molecule has 0 N–H and O–H groups in total. The molecule has 0 aliphatic rings. The molecule has 1 aromatic rings. The molecule has 0 heterocycles. The normalized spacial score (nSPS) is 9.47. The first-order valence-electron chi connectivity index (χ1n) is 5.15. The smallest absolute Gasteiger partial charge is 0.333 e. The number of hydrogen-bond acceptors (Lipinski definition) is 4. The highest BCUT2D eigenvalue weighted by molar-refractivity contribution is 5.86. The van der Waals surface area contributed by atoms with Gasteiger partial charge in [0, 0.05) is 5.57 Å². The molecule has 0 aliphatic heterocycles. The van der Waals surface area contributed by atoms with Crippen LogP contribution in [0, 0.1) is 0 Å². The molecule has 0 aromatic heterocycles. The second kappa shape index (κ2) is 6.48. The Kier molecular flexibility index (Phi) is 4.94. The molecule has 0 radical (unpaired) electrons. The first-order chi connectivity index (χ1) is 8.15. The lowest BCUT2D eigenvalue weighted by molar-refractivity contribution is -0.139. The molecule has 0 bridgehead atoms. The van der Waals surface area contributed by atoms with Crippen LogP contribution in [0.5, 0.6) is 5.75 Å². The Labute approximate surface area is 99.8 Å². The van der Waals surface area contributed by atoms with Gasteiger partial charge >= 0.3 is 5.97 Å². The molecule has 90 valence electrons. The van der Waals surface area contributed by atoms with E-state index in [2.05, 4.69) is 6.58 Å². The van der Waals surface area contributed by atoms with E-state index < -0.39 is 5.97 Å². The molecule has 0 saturated heterocycles. The fourth-order valence-corrected chi connectivity index (χ4v) is 1.12. The Morgan fingerprint density at radius 1 is 1.35 bits per heavy atom. The minimum atomic E-state index is -0.447. The third-order valence-electron chi connectivity index (χ3n) is 1.97. The van der Waals surface area contributed by atoms with Gasteiger partial charge in [-0.2, -0.15) is 0 Å². The minimum absolute atomic E-state index is 0.124. The first kappa shape index (κ1) is 13.0. The Balaban J connectivity index is 2.38. The van der Waals surface area contributed by atoms with E-state index in [0.29, 0.717) is 16.9 Å². The summed E-state index contributed by atoms with van der Waals surface area (Å²) in [6, 6.07) is 6.85. The van der Waals surface area contributed by atoms with E-state index in [1.807, 2.05) is 0 Å². The molecule has 0 saturated carbocycles. The third kappa shape index (κ3) is 4.10. The quantitative estimate of drug-likeness (QED) is 0.327. The number of rotatable bonds is 6. The van der Waals surface area contributed by atoms with E-state index in [9.17, 15) is 9.59 Å². The largest absolute Gasteiger partial charge is 0.489 e. The van der Waals surface area contributed by atoms with Gasteiger partial charge in [0.1, 0.15) is 19.0 Å². The molecule has 0 atom stereocenters. The van der Waals surface area contributed by atoms with E-state index in [4.69, 9.17) is 9.47 Å². The second-order valence-electron chi connectivity index (χ2n) is 3.42. The molecule has 0 unspecified atom stereocenters. The number of aldehydes is 1. The maximum atomic E-state index is 11.0. The molecule has 4 nitrogen and oxygen atoms in total. The summed E-state index contributed by atoms with van der Waals surface area (Å²) in [6.07, 6.45) is 0.717. The van der Waals surface area contributed by atoms with E-state index in [1.165, 1.54) is 0 Å². The predicted molar refractivity (Wildman–Crippen MR) is 63.1 cm³/mol. The molecule has 1 rings (SSSR count). The van der Waals surface area contributed by atoms with Crippen LogP contribution in [0.25, 0.3) is 0 Å². The van der Waals surface area contributed by atoms with Crippen LogP contribution < -0.4 is 4.74 Å². The zero-order valence-corrected chi connectivity index (χ0v) is 9.64. The zero-order valence-electron chi connectivity index (χ0n) is 9.64. The van der Waals surface area contributed by atoms with Crippen molar-refractivity contribution in [2.75, 3.05) is 13.2 Å². The molecule has 0 spiro atoms. The highest BCUT2D eigenvalue weighted by Crippen LogP contribution is 2.15. The van der Waals surface area contributed by atoms with E-state index in [-0.39, 0.29) is 13.2 Å². The maximum absolute atomic E-state index is 11.0. The molecule has 4 heteroatoms. The number of carbonyl (C=O) groups excluding carboxylic acids is 2. The third-order valence-corrected chi connectivity index (χ3v) is 1.97. The summed E-state index contributed by atoms with van der Waals surface area (Å²) < 4.78 is 10.2. The SMILES string of the molecule is C=C(C)C(=O)OCCOc1ccccc1C=O. The van der Waals surface area contributed by atoms with Gasteiger partial charge in [-0.15, -0.1) is 0 Å². The molecule has 0 fully saturated rings. The van der Waals surface area contributed by atoms with Gasteiger partial charge in [-0.3, -0.25) is 4.79 Å². The van der Waals surface area contributed by atoms with Crippen LogP contribution >= 0.6 is 0 Å². The summed E-state index contributed by atoms with van der Waals surface area (Å²) in [5, 5.41) is 0. The van der Waals surface area contributed by atoms with Crippen LogP contribution in [0.3, 0.4) is 0 Å². The highest BCUT2D eigenvalue weighted by Gasteiger charge is 2.04. The number of ether oxygens (including phenoxy) is 2. The summed E-state index contributed by atoms with van der Waals surface area (Å²) >= 11 is 0. The van der Waals surface area contributed by atoms with Gasteiger partial charge in [-0.05, 0) is 19.1 Å². The van der Waals surface area contributed by atoms with E-state index in [0.717, 1.165) is 6.29 Å². The molecule has 0 amide bonds. The second-order valence-corrected chi connectivity index (χ2v) is 3.42. The molecular weight excluding hydrogens is 220 g/mol. The van der Waals surface area contributed by atoms with Gasteiger partial charge < -0.3 is 9.47 Å². The van der Waals surface area contributed by atoms with Crippen LogP contribution in [-0.2, 0) is 9.53 Å². The molecular formula is C13H14O4. The van der Waals surface area contributed by atoms with Crippen molar-refractivity contribution < 1.29 is 19.1 Å². The fourth-order valence-electron chi connectivity index (χ4n) is 1.12. The average Bonchev–Trinajstić information content (AvgIpc) is 2.34. The summed E-state index contributed by atoms with van der Waals surface area (Å²) in [5.74, 6) is 0.0335. The number of benzene rings is 1. The average molecular weight is 234 g/mol. The number of esters is 1. The Morgan fingerprint density at radius 2 is 2.06 bits per heavy atom. The minimum Gasteiger partial charge on any atom is -0.489 e. The zero-order chi connectivity index (χ0) is 12.7. The van der Waals surface area contributed by atoms with Crippen molar-refractivity contribution in [1.29, 1.82) is 0 Å². The molecule has 1 aromatic carbocycles. The first-order valence-corrected chi connectivity index (χ1v) is 5.15. The number of carbonyl (C=O) groups is 2. The maximum Gasteiger partial charge on any atom is 0.333 e. The van der Waals surface area contributed by atoms with Gasteiger partial charge in [0.2, 0.25) is 0 Å². The number of hydrogen-bond donors (Lipinski definition) is 0. The van der Waals surface area contributed by atoms with Crippen LogP contribution in [0.4, 0.5) is 0 Å². The van der Waals surface area contributed by atoms with Crippen molar-refractivity contribution in [2.24, 2.45) is 0 Å². The van der Waals surface area contributed by atoms with Crippen molar-refractivity contribution in [3.8, 4) is 5.75 Å².